The Kier molecular flexibility index (Phi) is 10.7. The van der Waals surface area contributed by atoms with E-state index in [4.69, 9.17) is 4.74 Å². The summed E-state index contributed by atoms with van der Waals surface area (Å²) in [6, 6.07) is 5.08. The molecule has 1 aromatic rings. The lowest BCUT2D eigenvalue weighted by Gasteiger charge is -2.42. The molecule has 1 saturated heterocycles. The Morgan fingerprint density at radius 3 is 2.24 bits per heavy atom. The number of alkyl carbamates (subject to hydrolysis) is 1. The smallest absolute Gasteiger partial charge is 0.410 e. The lowest BCUT2D eigenvalue weighted by Crippen LogP contribution is -2.65. The molecule has 1 heterocycles. The number of nitrogens with zero attached hydrogens (tertiary/aromatic N) is 2. The predicted octanol–water partition coefficient (Wildman–Crippen LogP) is 0.924. The summed E-state index contributed by atoms with van der Waals surface area (Å²) in [5.41, 5.74) is 0.801. The van der Waals surface area contributed by atoms with E-state index < -0.39 is 41.7 Å². The molecule has 0 saturated carbocycles. The highest BCUT2D eigenvalue weighted by atomic mass is 16.6. The second kappa shape index (κ2) is 13.3. The largest absolute Gasteiger partial charge is 0.453 e. The van der Waals surface area contributed by atoms with E-state index in [2.05, 4.69) is 15.4 Å². The third-order valence-electron chi connectivity index (χ3n) is 6.12. The summed E-state index contributed by atoms with van der Waals surface area (Å²) in [7, 11) is 2.03. The van der Waals surface area contributed by atoms with E-state index >= 15 is 0 Å². The minimum Gasteiger partial charge on any atom is -0.453 e. The molecule has 0 aliphatic carbocycles. The summed E-state index contributed by atoms with van der Waals surface area (Å²) >= 11 is 0. The molecule has 2 N–H and O–H groups in total. The van der Waals surface area contributed by atoms with E-state index in [-0.39, 0.29) is 37.9 Å². The summed E-state index contributed by atoms with van der Waals surface area (Å²) in [5.74, 6) is -1.67. The molecule has 1 aliphatic heterocycles. The SMILES string of the molecule is CBc1ccc(C(=O)CNC(=O)[C@@H]2CN(C(=O)OC(C)(C)C)CCN2C(=O)[C@@H](NC(=O)OC)C(C)C)cc1. The van der Waals surface area contributed by atoms with Crippen LogP contribution in [0.4, 0.5) is 9.59 Å². The van der Waals surface area contributed by atoms with E-state index in [0.717, 1.165) is 12.7 Å². The third-order valence-corrected chi connectivity index (χ3v) is 6.12. The second-order valence-electron chi connectivity index (χ2n) is 10.5. The van der Waals surface area contributed by atoms with Crippen LogP contribution in [0.25, 0.3) is 0 Å². The number of benzene rings is 1. The van der Waals surface area contributed by atoms with Crippen LogP contribution < -0.4 is 16.1 Å². The van der Waals surface area contributed by atoms with E-state index in [1.807, 2.05) is 19.0 Å². The monoisotopic (exact) mass is 530 g/mol. The molecule has 0 aromatic heterocycles. The van der Waals surface area contributed by atoms with Crippen LogP contribution in [0.1, 0.15) is 45.0 Å². The summed E-state index contributed by atoms with van der Waals surface area (Å²) in [6.45, 7) is 10.5. The standard InChI is InChI=1S/C26H39BN4O7/c1-16(2)21(29-24(35)37-7)23(34)31-13-12-30(25(36)38-26(3,4)5)15-19(31)22(33)28-14-20(32)17-8-10-18(27-6)11-9-17/h8-11,16,19,21,27H,12-15H2,1-7H3,(H,28,33)(H,29,35)/t19-,21-/m0/s1. The minimum atomic E-state index is -1.10. The average Bonchev–Trinajstić information content (AvgIpc) is 2.88. The molecule has 0 bridgehead atoms. The van der Waals surface area contributed by atoms with E-state index in [1.54, 1.807) is 46.8 Å². The normalized spacial score (nSPS) is 16.4. The Labute approximate surface area is 224 Å². The topological polar surface area (TPSA) is 134 Å². The molecule has 1 aromatic carbocycles. The zero-order chi connectivity index (χ0) is 28.6. The number of piperazine rings is 1. The molecule has 11 nitrogen and oxygen atoms in total. The first kappa shape index (κ1) is 30.7. The average molecular weight is 530 g/mol. The molecule has 208 valence electrons. The van der Waals surface area contributed by atoms with Gasteiger partial charge in [0.05, 0.1) is 20.2 Å². The van der Waals surface area contributed by atoms with Crippen LogP contribution in [-0.4, -0.2) is 97.8 Å². The molecule has 1 fully saturated rings. The van der Waals surface area contributed by atoms with Gasteiger partial charge in [0.2, 0.25) is 11.8 Å². The number of amides is 4. The van der Waals surface area contributed by atoms with Crippen LogP contribution >= 0.6 is 0 Å². The van der Waals surface area contributed by atoms with Crippen molar-refractivity contribution < 1.29 is 33.4 Å². The number of nitrogens with one attached hydrogen (secondary N) is 2. The van der Waals surface area contributed by atoms with Crippen molar-refractivity contribution >= 4 is 42.5 Å². The maximum Gasteiger partial charge on any atom is 0.410 e. The van der Waals surface area contributed by atoms with Gasteiger partial charge < -0.3 is 29.9 Å². The highest BCUT2D eigenvalue weighted by Crippen LogP contribution is 2.18. The van der Waals surface area contributed by atoms with Gasteiger partial charge in [-0.15, -0.1) is 0 Å². The number of carbonyl (C=O) groups is 5. The number of Topliss-reactive ketones (excluding diaryl/α,β-unsaturated/α-hetero) is 1. The summed E-state index contributed by atoms with van der Waals surface area (Å²) < 4.78 is 10.1. The van der Waals surface area contributed by atoms with Crippen molar-refractivity contribution in [3.05, 3.63) is 29.8 Å². The molecule has 1 aliphatic rings. The van der Waals surface area contributed by atoms with Crippen molar-refractivity contribution in [3.63, 3.8) is 0 Å². The van der Waals surface area contributed by atoms with Crippen LogP contribution in [0, 0.1) is 5.92 Å². The fraction of sp³-hybridized carbons (Fsp3) is 0.577. The van der Waals surface area contributed by atoms with Gasteiger partial charge in [0.25, 0.3) is 0 Å². The number of carbonyl (C=O) groups excluding carboxylic acids is 5. The predicted molar refractivity (Wildman–Crippen MR) is 144 cm³/mol. The Hall–Kier alpha value is -3.57. The molecule has 0 spiro atoms. The minimum absolute atomic E-state index is 0.0364. The Morgan fingerprint density at radius 2 is 1.71 bits per heavy atom. The quantitative estimate of drug-likeness (QED) is 0.377. The fourth-order valence-corrected chi connectivity index (χ4v) is 3.96. The molecular weight excluding hydrogens is 491 g/mol. The number of methoxy groups -OCH3 is 1. The van der Waals surface area contributed by atoms with E-state index in [0.29, 0.717) is 5.56 Å². The zero-order valence-electron chi connectivity index (χ0n) is 23.3. The third kappa shape index (κ3) is 8.49. The fourth-order valence-electron chi connectivity index (χ4n) is 3.96. The van der Waals surface area contributed by atoms with Crippen LogP contribution in [0.15, 0.2) is 24.3 Å². The summed E-state index contributed by atoms with van der Waals surface area (Å²) in [6.07, 6.45) is -1.38. The summed E-state index contributed by atoms with van der Waals surface area (Å²) in [4.78, 5) is 66.8. The first-order chi connectivity index (χ1) is 17.8. The van der Waals surface area contributed by atoms with Gasteiger partial charge in [-0.2, -0.15) is 0 Å². The van der Waals surface area contributed by atoms with Crippen LogP contribution in [0.5, 0.6) is 0 Å². The van der Waals surface area contributed by atoms with Crippen molar-refractivity contribution in [2.45, 2.75) is 59.1 Å². The molecule has 38 heavy (non-hydrogen) atoms. The molecule has 4 amide bonds. The van der Waals surface area contributed by atoms with Gasteiger partial charge in [0, 0.05) is 18.7 Å². The van der Waals surface area contributed by atoms with Gasteiger partial charge >= 0.3 is 12.2 Å². The van der Waals surface area contributed by atoms with Crippen LogP contribution in [0.3, 0.4) is 0 Å². The van der Waals surface area contributed by atoms with Crippen molar-refractivity contribution in [2.24, 2.45) is 5.92 Å². The highest BCUT2D eigenvalue weighted by Gasteiger charge is 2.41. The summed E-state index contributed by atoms with van der Waals surface area (Å²) in [5, 5.41) is 5.14. The van der Waals surface area contributed by atoms with Crippen molar-refractivity contribution in [3.8, 4) is 0 Å². The molecule has 0 unspecified atom stereocenters. The molecule has 0 radical (unpaired) electrons. The van der Waals surface area contributed by atoms with Gasteiger partial charge in [-0.1, -0.05) is 50.4 Å². The van der Waals surface area contributed by atoms with Crippen molar-refractivity contribution in [2.75, 3.05) is 33.3 Å². The van der Waals surface area contributed by atoms with Gasteiger partial charge in [0.1, 0.15) is 17.7 Å². The van der Waals surface area contributed by atoms with Crippen LogP contribution in [-0.2, 0) is 19.1 Å². The Balaban J connectivity index is 2.23. The van der Waals surface area contributed by atoms with Crippen molar-refractivity contribution in [1.82, 2.24) is 20.4 Å². The number of rotatable bonds is 8. The maximum absolute atomic E-state index is 13.5. The van der Waals surface area contributed by atoms with Gasteiger partial charge in [-0.3, -0.25) is 14.4 Å². The van der Waals surface area contributed by atoms with E-state index in [1.165, 1.54) is 16.9 Å². The molecular formula is C26H39BN4O7. The number of ketones is 1. The highest BCUT2D eigenvalue weighted by molar-refractivity contribution is 6.51. The second-order valence-corrected chi connectivity index (χ2v) is 10.5. The number of ether oxygens (including phenoxy) is 2. The number of hydrogen-bond acceptors (Lipinski definition) is 7. The first-order valence-corrected chi connectivity index (χ1v) is 12.8. The molecule has 12 heteroatoms. The lowest BCUT2D eigenvalue weighted by atomic mass is 9.73. The molecule has 2 atom stereocenters. The Bertz CT molecular complexity index is 1020. The first-order valence-electron chi connectivity index (χ1n) is 12.8. The van der Waals surface area contributed by atoms with E-state index in [9.17, 15) is 24.0 Å². The van der Waals surface area contributed by atoms with Gasteiger partial charge in [0.15, 0.2) is 13.1 Å². The van der Waals surface area contributed by atoms with Gasteiger partial charge in [-0.25, -0.2) is 9.59 Å². The number of hydrogen-bond donors (Lipinski definition) is 2. The lowest BCUT2D eigenvalue weighted by molar-refractivity contribution is -0.146. The Morgan fingerprint density at radius 1 is 1.08 bits per heavy atom. The van der Waals surface area contributed by atoms with Crippen LogP contribution in [0.2, 0.25) is 6.82 Å². The maximum atomic E-state index is 13.5. The molecule has 2 rings (SSSR count). The van der Waals surface area contributed by atoms with Crippen molar-refractivity contribution in [1.29, 1.82) is 0 Å². The van der Waals surface area contributed by atoms with Gasteiger partial charge in [-0.05, 0) is 26.7 Å². The zero-order valence-corrected chi connectivity index (χ0v) is 23.3.